The molecule has 2 aromatic heterocycles. The molecule has 134 valence electrons. The summed E-state index contributed by atoms with van der Waals surface area (Å²) in [5.74, 6) is 0.361. The number of thioether (sulfide) groups is 1. The Morgan fingerprint density at radius 1 is 1.28 bits per heavy atom. The molecular formula is C15H20N6O3S. The van der Waals surface area contributed by atoms with Gasteiger partial charge in [0.2, 0.25) is 5.91 Å². The minimum absolute atomic E-state index is 0.191. The molecule has 0 unspecified atom stereocenters. The van der Waals surface area contributed by atoms with Crippen molar-refractivity contribution in [2.45, 2.75) is 48.1 Å². The molecule has 3 heterocycles. The molecule has 4 atom stereocenters. The summed E-state index contributed by atoms with van der Waals surface area (Å²) < 4.78 is 1.69. The Labute approximate surface area is 148 Å². The number of carbonyl (C=O) groups is 1. The van der Waals surface area contributed by atoms with Gasteiger partial charge in [0.1, 0.15) is 34.7 Å². The van der Waals surface area contributed by atoms with Gasteiger partial charge >= 0.3 is 0 Å². The molecular weight excluding hydrogens is 344 g/mol. The van der Waals surface area contributed by atoms with Crippen molar-refractivity contribution in [2.24, 2.45) is 0 Å². The number of aliphatic hydroxyl groups is 2. The minimum Gasteiger partial charge on any atom is -0.389 e. The van der Waals surface area contributed by atoms with E-state index >= 15 is 0 Å². The summed E-state index contributed by atoms with van der Waals surface area (Å²) in [5.41, 5.74) is 1.12. The summed E-state index contributed by atoms with van der Waals surface area (Å²) in [5, 5.41) is 25.5. The molecule has 1 aliphatic carbocycles. The van der Waals surface area contributed by atoms with Gasteiger partial charge in [0.15, 0.2) is 11.5 Å². The van der Waals surface area contributed by atoms with Gasteiger partial charge in [0, 0.05) is 13.1 Å². The van der Waals surface area contributed by atoms with E-state index in [-0.39, 0.29) is 11.9 Å². The summed E-state index contributed by atoms with van der Waals surface area (Å²) in [6.45, 7) is 0. The Hall–Kier alpha value is -1.91. The maximum Gasteiger partial charge on any atom is 0.236 e. The lowest BCUT2D eigenvalue weighted by molar-refractivity contribution is -0.124. The number of aromatic nitrogens is 4. The fourth-order valence-corrected chi connectivity index (χ4v) is 4.58. The van der Waals surface area contributed by atoms with Crippen LogP contribution in [0.25, 0.3) is 11.2 Å². The average molecular weight is 364 g/mol. The van der Waals surface area contributed by atoms with E-state index in [1.807, 2.05) is 0 Å². The molecule has 2 aliphatic rings. The van der Waals surface area contributed by atoms with Crippen LogP contribution in [0.3, 0.4) is 0 Å². The van der Waals surface area contributed by atoms with Gasteiger partial charge in [0.25, 0.3) is 0 Å². The van der Waals surface area contributed by atoms with Gasteiger partial charge in [0.05, 0.1) is 6.33 Å². The zero-order valence-electron chi connectivity index (χ0n) is 13.7. The van der Waals surface area contributed by atoms with Gasteiger partial charge in [-0.3, -0.25) is 9.36 Å². The number of rotatable bonds is 4. The molecule has 0 spiro atoms. The first-order valence-corrected chi connectivity index (χ1v) is 9.21. The molecule has 2 fully saturated rings. The average Bonchev–Trinajstić information content (AvgIpc) is 3.13. The van der Waals surface area contributed by atoms with Crippen molar-refractivity contribution in [2.75, 3.05) is 12.4 Å². The molecule has 4 N–H and O–H groups in total. The number of anilines is 1. The quantitative estimate of drug-likeness (QED) is 0.591. The van der Waals surface area contributed by atoms with E-state index in [1.54, 1.807) is 17.9 Å². The fourth-order valence-electron chi connectivity index (χ4n) is 3.16. The first-order valence-electron chi connectivity index (χ1n) is 8.27. The smallest absolute Gasteiger partial charge is 0.236 e. The first kappa shape index (κ1) is 16.6. The van der Waals surface area contributed by atoms with Crippen LogP contribution in [-0.4, -0.2) is 66.2 Å². The number of imidazole rings is 1. The zero-order valence-corrected chi connectivity index (χ0v) is 14.5. The lowest BCUT2D eigenvalue weighted by atomic mass is 9.93. The first-order chi connectivity index (χ1) is 12.1. The number of carbonyl (C=O) groups excluding carboxylic acids is 1. The molecule has 4 rings (SSSR count). The standard InChI is InChI=1S/C15H20N6O3S/c1-16-12-8-13(18-5-17-12)21(6-19-8)15-10(23)9(22)11(25-15)14(24)20-7-3-2-4-7/h5-7,9-11,15,22-23H,2-4H2,1H3,(H,20,24)(H,16,17,18)/t9-,10+,11-,15+/m0/s1. The molecule has 9 nitrogen and oxygen atoms in total. The number of nitrogens with zero attached hydrogens (tertiary/aromatic N) is 4. The van der Waals surface area contributed by atoms with Crippen molar-refractivity contribution in [1.82, 2.24) is 24.8 Å². The number of hydrogen-bond acceptors (Lipinski definition) is 8. The molecule has 1 amide bonds. The van der Waals surface area contributed by atoms with Gasteiger partial charge in [-0.05, 0) is 19.3 Å². The highest BCUT2D eigenvalue weighted by molar-refractivity contribution is 8.01. The monoisotopic (exact) mass is 364 g/mol. The lowest BCUT2D eigenvalue weighted by Crippen LogP contribution is -2.47. The summed E-state index contributed by atoms with van der Waals surface area (Å²) in [6.07, 6.45) is 3.80. The van der Waals surface area contributed by atoms with Crippen molar-refractivity contribution < 1.29 is 15.0 Å². The van der Waals surface area contributed by atoms with Crippen LogP contribution >= 0.6 is 11.8 Å². The summed E-state index contributed by atoms with van der Waals surface area (Å²) >= 11 is 1.23. The Morgan fingerprint density at radius 2 is 2.08 bits per heavy atom. The number of hydrogen-bond donors (Lipinski definition) is 4. The van der Waals surface area contributed by atoms with Crippen molar-refractivity contribution in [3.8, 4) is 0 Å². The number of nitrogens with one attached hydrogen (secondary N) is 2. The van der Waals surface area contributed by atoms with Crippen LogP contribution in [0.15, 0.2) is 12.7 Å². The maximum absolute atomic E-state index is 12.4. The van der Waals surface area contributed by atoms with E-state index in [4.69, 9.17) is 0 Å². The number of amides is 1. The van der Waals surface area contributed by atoms with Crippen LogP contribution in [0.5, 0.6) is 0 Å². The predicted molar refractivity (Wildman–Crippen MR) is 93.1 cm³/mol. The Balaban J connectivity index is 1.59. The number of aliphatic hydroxyl groups excluding tert-OH is 2. The third-order valence-electron chi connectivity index (χ3n) is 4.82. The SMILES string of the molecule is CNc1ncnc2c1ncn2[C@@H]1S[C@H](C(=O)NC2CCC2)[C@@H](O)[C@H]1O. The molecule has 10 heteroatoms. The Kier molecular flexibility index (Phi) is 4.26. The van der Waals surface area contributed by atoms with E-state index in [1.165, 1.54) is 18.1 Å². The lowest BCUT2D eigenvalue weighted by Gasteiger charge is -2.28. The molecule has 0 radical (unpaired) electrons. The highest BCUT2D eigenvalue weighted by Gasteiger charge is 2.47. The van der Waals surface area contributed by atoms with Crippen molar-refractivity contribution in [3.63, 3.8) is 0 Å². The van der Waals surface area contributed by atoms with E-state index in [0.29, 0.717) is 17.0 Å². The van der Waals surface area contributed by atoms with E-state index in [0.717, 1.165) is 19.3 Å². The third kappa shape index (κ3) is 2.74. The van der Waals surface area contributed by atoms with Gasteiger partial charge in [-0.25, -0.2) is 15.0 Å². The van der Waals surface area contributed by atoms with E-state index < -0.39 is 22.8 Å². The molecule has 1 aliphatic heterocycles. The van der Waals surface area contributed by atoms with E-state index in [9.17, 15) is 15.0 Å². The van der Waals surface area contributed by atoms with E-state index in [2.05, 4.69) is 25.6 Å². The van der Waals surface area contributed by atoms with Gasteiger partial charge in [-0.1, -0.05) is 0 Å². The van der Waals surface area contributed by atoms with Crippen molar-refractivity contribution >= 4 is 34.7 Å². The Bertz CT molecular complexity index is 795. The second-order valence-corrected chi connectivity index (χ2v) is 7.62. The van der Waals surface area contributed by atoms with Crippen LogP contribution in [0.1, 0.15) is 24.6 Å². The van der Waals surface area contributed by atoms with Crippen LogP contribution < -0.4 is 10.6 Å². The van der Waals surface area contributed by atoms with Crippen LogP contribution in [0.2, 0.25) is 0 Å². The summed E-state index contributed by atoms with van der Waals surface area (Å²) in [7, 11) is 1.74. The van der Waals surface area contributed by atoms with Crippen molar-refractivity contribution in [3.05, 3.63) is 12.7 Å². The van der Waals surface area contributed by atoms with Gasteiger partial charge in [-0.15, -0.1) is 11.8 Å². The predicted octanol–water partition coefficient (Wildman–Crippen LogP) is -0.128. The largest absolute Gasteiger partial charge is 0.389 e. The third-order valence-corrected chi connectivity index (χ3v) is 6.39. The van der Waals surface area contributed by atoms with Crippen LogP contribution in [0.4, 0.5) is 5.82 Å². The van der Waals surface area contributed by atoms with Crippen LogP contribution in [-0.2, 0) is 4.79 Å². The normalized spacial score (nSPS) is 29.6. The van der Waals surface area contributed by atoms with Crippen LogP contribution in [0, 0.1) is 0 Å². The second-order valence-electron chi connectivity index (χ2n) is 6.36. The minimum atomic E-state index is -1.14. The number of fused-ring (bicyclic) bond motifs is 1. The molecule has 2 aromatic rings. The summed E-state index contributed by atoms with van der Waals surface area (Å²) in [4.78, 5) is 25.1. The topological polar surface area (TPSA) is 125 Å². The molecule has 1 saturated carbocycles. The molecule has 1 saturated heterocycles. The summed E-state index contributed by atoms with van der Waals surface area (Å²) in [6, 6.07) is 0.191. The van der Waals surface area contributed by atoms with Gasteiger partial charge < -0.3 is 20.8 Å². The fraction of sp³-hybridized carbons (Fsp3) is 0.600. The van der Waals surface area contributed by atoms with Crippen molar-refractivity contribution in [1.29, 1.82) is 0 Å². The zero-order chi connectivity index (χ0) is 17.6. The molecule has 0 aromatic carbocycles. The highest BCUT2D eigenvalue weighted by atomic mass is 32.2. The van der Waals surface area contributed by atoms with Gasteiger partial charge in [-0.2, -0.15) is 0 Å². The highest BCUT2D eigenvalue weighted by Crippen LogP contribution is 2.43. The maximum atomic E-state index is 12.4. The molecule has 25 heavy (non-hydrogen) atoms. The Morgan fingerprint density at radius 3 is 2.76 bits per heavy atom. The molecule has 0 bridgehead atoms. The second kappa shape index (κ2) is 6.43.